The molecule has 0 aliphatic carbocycles. The molecule has 0 aliphatic heterocycles. The second-order valence-electron chi connectivity index (χ2n) is 0.807. The van der Waals surface area contributed by atoms with Crippen molar-refractivity contribution in [2.24, 2.45) is 0 Å². The molecule has 0 atom stereocenters. The van der Waals surface area contributed by atoms with Crippen LogP contribution in [0, 0.1) is 0 Å². The molecule has 0 aliphatic rings. The smallest absolute Gasteiger partial charge is 0.000979 e. The fourth-order valence-corrected chi connectivity index (χ4v) is 0.117. The molecule has 0 heterocycles. The average Bonchev–Trinajstić information content (AvgIpc) is 2.16. The van der Waals surface area contributed by atoms with Crippen LogP contribution in [0.15, 0.2) is 0 Å². The Labute approximate surface area is 67.8 Å². The highest BCUT2D eigenvalue weighted by molar-refractivity contribution is 3.36. The van der Waals surface area contributed by atoms with Crippen molar-refractivity contribution in [3.05, 3.63) is 0 Å². The highest BCUT2D eigenvalue weighted by atomic mass is 17.9. The first-order valence-corrected chi connectivity index (χ1v) is 2.11. The van der Waals surface area contributed by atoms with Crippen LogP contribution in [0.1, 0.15) is 0 Å². The van der Waals surface area contributed by atoms with E-state index in [4.69, 9.17) is 10.5 Å². The molecule has 0 radical (unpaired) electrons. The molecule has 13 heavy (non-hydrogen) atoms. The molecule has 0 bridgehead atoms. The Morgan fingerprint density at radius 1 is 0.615 bits per heavy atom. The van der Waals surface area contributed by atoms with E-state index in [1.54, 1.807) is 0 Å². The van der Waals surface area contributed by atoms with Gasteiger partial charge in [0.2, 0.25) is 0 Å². The van der Waals surface area contributed by atoms with E-state index in [-0.39, 0.29) is 0 Å². The van der Waals surface area contributed by atoms with Crippen molar-refractivity contribution in [3.8, 4) is 0 Å². The monoisotopic (exact) mass is 209 g/mol. The summed E-state index contributed by atoms with van der Waals surface area (Å²) in [5.74, 6) is 0. The van der Waals surface area contributed by atoms with Crippen molar-refractivity contribution in [1.29, 1.82) is 0 Å². The van der Waals surface area contributed by atoms with Gasteiger partial charge in [0.25, 0.3) is 0 Å². The second-order valence-corrected chi connectivity index (χ2v) is 0.807. The quantitative estimate of drug-likeness (QED) is 0.226. The Hall–Kier alpha value is -0.520. The van der Waals surface area contributed by atoms with E-state index in [2.05, 4.69) is 50.3 Å². The zero-order valence-corrected chi connectivity index (χ0v) is 5.48. The molecule has 0 saturated heterocycles. The molecule has 0 aromatic heterocycles. The molecule has 0 spiro atoms. The summed E-state index contributed by atoms with van der Waals surface area (Å²) in [4.78, 5) is 7.28. The topological polar surface area (TPSA) is 145 Å². The summed E-state index contributed by atoms with van der Waals surface area (Å²) in [6, 6.07) is 0. The van der Waals surface area contributed by atoms with E-state index in [0.29, 0.717) is 0 Å². The third kappa shape index (κ3) is 11.5. The number of nitrogens with one attached hydrogen (secondary N) is 1. The Balaban J connectivity index is 2.76. The van der Waals surface area contributed by atoms with Crippen LogP contribution in [0.3, 0.4) is 0 Å². The molecule has 0 fully saturated rings. The van der Waals surface area contributed by atoms with Gasteiger partial charge in [0.15, 0.2) is 0 Å². The van der Waals surface area contributed by atoms with Crippen LogP contribution in [0.4, 0.5) is 0 Å². The van der Waals surface area contributed by atoms with Gasteiger partial charge >= 0.3 is 0 Å². The molecular formula is H3NO12. The lowest BCUT2D eigenvalue weighted by Crippen LogP contribution is -2.16. The molecule has 0 amide bonds. The second kappa shape index (κ2) is 11.5. The SMILES string of the molecule is OOOOOONOOOOOO. The minimum absolute atomic E-state index is 1.37. The van der Waals surface area contributed by atoms with Crippen LogP contribution >= 0.6 is 0 Å². The van der Waals surface area contributed by atoms with Crippen LogP contribution < -0.4 is 5.64 Å². The minimum atomic E-state index is 1.37. The van der Waals surface area contributed by atoms with Gasteiger partial charge in [-0.3, -0.25) is 0 Å². The van der Waals surface area contributed by atoms with Gasteiger partial charge in [0, 0.05) is 0 Å². The van der Waals surface area contributed by atoms with E-state index in [1.165, 1.54) is 5.64 Å². The number of hydrogen-bond acceptors (Lipinski definition) is 13. The van der Waals surface area contributed by atoms with E-state index >= 15 is 0 Å². The Morgan fingerprint density at radius 3 is 1.46 bits per heavy atom. The molecule has 13 nitrogen and oxygen atoms in total. The third-order valence-electron chi connectivity index (χ3n) is 0.308. The van der Waals surface area contributed by atoms with Crippen molar-refractivity contribution in [2.45, 2.75) is 0 Å². The van der Waals surface area contributed by atoms with Gasteiger partial charge in [-0.1, -0.05) is 9.98 Å². The summed E-state index contributed by atoms with van der Waals surface area (Å²) in [5.41, 5.74) is 1.37. The lowest BCUT2D eigenvalue weighted by molar-refractivity contribution is -0.792. The van der Waals surface area contributed by atoms with E-state index in [9.17, 15) is 0 Å². The lowest BCUT2D eigenvalue weighted by Gasteiger charge is -1.98. The van der Waals surface area contributed by atoms with Crippen molar-refractivity contribution in [1.82, 2.24) is 5.64 Å². The van der Waals surface area contributed by atoms with E-state index in [0.717, 1.165) is 0 Å². The zero-order valence-electron chi connectivity index (χ0n) is 5.48. The first-order chi connectivity index (χ1) is 6.41. The zero-order chi connectivity index (χ0) is 9.78. The fraction of sp³-hybridized carbons (Fsp3) is 0. The summed E-state index contributed by atoms with van der Waals surface area (Å²) in [7, 11) is 0. The van der Waals surface area contributed by atoms with Crippen LogP contribution in [0.5, 0.6) is 0 Å². The minimum Gasteiger partial charge on any atom is -0.219 e. The number of hydrogen-bond donors (Lipinski definition) is 3. The van der Waals surface area contributed by atoms with Crippen molar-refractivity contribution in [2.75, 3.05) is 0 Å². The number of rotatable bonds is 10. The van der Waals surface area contributed by atoms with Crippen LogP contribution in [-0.4, -0.2) is 10.5 Å². The Morgan fingerprint density at radius 2 is 1.08 bits per heavy atom. The van der Waals surface area contributed by atoms with E-state index < -0.39 is 0 Å². The predicted octanol–water partition coefficient (Wildman–Crippen LogP) is -1.16. The third-order valence-corrected chi connectivity index (χ3v) is 0.308. The maximum Gasteiger partial charge on any atom is -0.000979 e. The summed E-state index contributed by atoms with van der Waals surface area (Å²) in [5, 5.41) is 40.8. The summed E-state index contributed by atoms with van der Waals surface area (Å²) >= 11 is 0. The summed E-state index contributed by atoms with van der Waals surface area (Å²) in [6.45, 7) is 0. The first-order valence-electron chi connectivity index (χ1n) is 2.11. The Bertz CT molecular complexity index is 71.2. The van der Waals surface area contributed by atoms with Crippen LogP contribution in [-0.2, 0) is 50.3 Å². The molecule has 0 rings (SSSR count). The predicted molar refractivity (Wildman–Crippen MR) is 19.2 cm³/mol. The van der Waals surface area contributed by atoms with Crippen molar-refractivity contribution >= 4 is 0 Å². The normalized spacial score (nSPS) is 10.6. The van der Waals surface area contributed by atoms with Gasteiger partial charge < -0.3 is 0 Å². The van der Waals surface area contributed by atoms with Crippen LogP contribution in [0.25, 0.3) is 0 Å². The summed E-state index contributed by atoms with van der Waals surface area (Å²) < 4.78 is 0. The Kier molecular flexibility index (Phi) is 11.0. The molecule has 0 aromatic rings. The molecule has 80 valence electrons. The van der Waals surface area contributed by atoms with Crippen molar-refractivity contribution in [3.63, 3.8) is 0 Å². The molecule has 0 saturated carbocycles. The fourth-order valence-electron chi connectivity index (χ4n) is 0.117. The molecule has 13 heteroatoms. The maximum absolute atomic E-state index is 7.43. The molecular weight excluding hydrogens is 206 g/mol. The van der Waals surface area contributed by atoms with Gasteiger partial charge in [-0.15, -0.1) is 0 Å². The van der Waals surface area contributed by atoms with Gasteiger partial charge in [0.1, 0.15) is 0 Å². The first kappa shape index (κ1) is 12.5. The van der Waals surface area contributed by atoms with Crippen LogP contribution in [0.2, 0.25) is 0 Å². The highest BCUT2D eigenvalue weighted by Gasteiger charge is 1.93. The van der Waals surface area contributed by atoms with Crippen molar-refractivity contribution < 1.29 is 60.8 Å². The largest absolute Gasteiger partial charge is 0.219 e. The molecule has 0 aromatic carbocycles. The highest BCUT2D eigenvalue weighted by Crippen LogP contribution is 1.82. The van der Waals surface area contributed by atoms with Gasteiger partial charge in [0.05, 0.1) is 0 Å². The standard InChI is InChI=1S/H3NO12/c2-6-10-12-8-4-1-5-9-13-11-7-3/h1-3H. The lowest BCUT2D eigenvalue weighted by atomic mass is 13.2. The van der Waals surface area contributed by atoms with Gasteiger partial charge in [-0.25, -0.2) is 10.5 Å². The molecule has 3 N–H and O–H groups in total. The van der Waals surface area contributed by atoms with Gasteiger partial charge in [-0.05, 0) is 45.9 Å². The maximum atomic E-state index is 7.43. The van der Waals surface area contributed by atoms with E-state index in [1.807, 2.05) is 0 Å². The molecule has 0 unspecified atom stereocenters. The summed E-state index contributed by atoms with van der Waals surface area (Å²) in [6.07, 6.45) is 0. The van der Waals surface area contributed by atoms with Gasteiger partial charge in [-0.2, -0.15) is 0 Å². The average molecular weight is 209 g/mol.